The molecule has 1 aromatic heterocycles. The lowest BCUT2D eigenvalue weighted by Crippen LogP contribution is -2.38. The Balaban J connectivity index is 1.44. The van der Waals surface area contributed by atoms with E-state index in [-0.39, 0.29) is 5.91 Å². The molecule has 3 aliphatic rings. The first-order valence-corrected chi connectivity index (χ1v) is 7.17. The van der Waals surface area contributed by atoms with Crippen molar-refractivity contribution in [3.8, 4) is 0 Å². The van der Waals surface area contributed by atoms with E-state index >= 15 is 0 Å². The standard InChI is InChI=1S/C14H19N3O/c18-14(12-7-11(16-17-12)8-1-2-8)15-13(9-3-4-9)10-5-6-10/h7-10,13H,1-6H2,(H,15,18)(H,16,17). The zero-order chi connectivity index (χ0) is 12.1. The molecule has 0 radical (unpaired) electrons. The van der Waals surface area contributed by atoms with Crippen molar-refractivity contribution >= 4 is 5.91 Å². The second-order valence-corrected chi connectivity index (χ2v) is 6.16. The molecule has 0 unspecified atom stereocenters. The van der Waals surface area contributed by atoms with Crippen LogP contribution >= 0.6 is 0 Å². The summed E-state index contributed by atoms with van der Waals surface area (Å²) in [5, 5.41) is 10.4. The Morgan fingerprint density at radius 1 is 1.22 bits per heavy atom. The van der Waals surface area contributed by atoms with Gasteiger partial charge in [0.2, 0.25) is 0 Å². The lowest BCUT2D eigenvalue weighted by Gasteiger charge is -2.16. The van der Waals surface area contributed by atoms with Gasteiger partial charge in [0.25, 0.3) is 5.91 Å². The average molecular weight is 245 g/mol. The molecule has 0 aliphatic heterocycles. The highest BCUT2D eigenvalue weighted by molar-refractivity contribution is 5.92. The van der Waals surface area contributed by atoms with Crippen LogP contribution in [-0.2, 0) is 0 Å². The van der Waals surface area contributed by atoms with Crippen LogP contribution in [0.5, 0.6) is 0 Å². The van der Waals surface area contributed by atoms with Gasteiger partial charge in [0.1, 0.15) is 5.69 Å². The second kappa shape index (κ2) is 3.84. The summed E-state index contributed by atoms with van der Waals surface area (Å²) in [4.78, 5) is 12.2. The third-order valence-corrected chi connectivity index (χ3v) is 4.41. The van der Waals surface area contributed by atoms with Crippen molar-refractivity contribution in [1.82, 2.24) is 15.5 Å². The Labute approximate surface area is 107 Å². The molecule has 0 spiro atoms. The first-order chi connectivity index (χ1) is 8.81. The molecule has 4 rings (SSSR count). The van der Waals surface area contributed by atoms with Gasteiger partial charge in [0, 0.05) is 17.7 Å². The summed E-state index contributed by atoms with van der Waals surface area (Å²) in [6.07, 6.45) is 7.61. The lowest BCUT2D eigenvalue weighted by atomic mass is 10.1. The summed E-state index contributed by atoms with van der Waals surface area (Å²) < 4.78 is 0. The molecule has 2 N–H and O–H groups in total. The van der Waals surface area contributed by atoms with Crippen LogP contribution in [0, 0.1) is 11.8 Å². The second-order valence-electron chi connectivity index (χ2n) is 6.16. The van der Waals surface area contributed by atoms with Crippen LogP contribution in [0.4, 0.5) is 0 Å². The van der Waals surface area contributed by atoms with Gasteiger partial charge in [-0.15, -0.1) is 0 Å². The first-order valence-electron chi connectivity index (χ1n) is 7.17. The quantitative estimate of drug-likeness (QED) is 0.835. The van der Waals surface area contributed by atoms with Gasteiger partial charge in [-0.3, -0.25) is 9.89 Å². The van der Waals surface area contributed by atoms with Crippen molar-refractivity contribution in [3.05, 3.63) is 17.5 Å². The van der Waals surface area contributed by atoms with Crippen molar-refractivity contribution < 1.29 is 4.79 Å². The molecule has 3 saturated carbocycles. The van der Waals surface area contributed by atoms with Crippen molar-refractivity contribution in [2.45, 2.75) is 50.5 Å². The van der Waals surface area contributed by atoms with E-state index in [2.05, 4.69) is 15.5 Å². The summed E-state index contributed by atoms with van der Waals surface area (Å²) >= 11 is 0. The topological polar surface area (TPSA) is 57.8 Å². The number of carbonyl (C=O) groups excluding carboxylic acids is 1. The maximum absolute atomic E-state index is 12.2. The Morgan fingerprint density at radius 3 is 2.44 bits per heavy atom. The molecule has 96 valence electrons. The van der Waals surface area contributed by atoms with Crippen LogP contribution in [0.2, 0.25) is 0 Å². The van der Waals surface area contributed by atoms with Crippen LogP contribution < -0.4 is 5.32 Å². The number of carbonyl (C=O) groups is 1. The van der Waals surface area contributed by atoms with Crippen LogP contribution in [-0.4, -0.2) is 22.1 Å². The van der Waals surface area contributed by atoms with E-state index < -0.39 is 0 Å². The fourth-order valence-corrected chi connectivity index (χ4v) is 2.81. The number of hydrogen-bond donors (Lipinski definition) is 2. The fourth-order valence-electron chi connectivity index (χ4n) is 2.81. The van der Waals surface area contributed by atoms with Gasteiger partial charge in [0.15, 0.2) is 0 Å². The molecule has 1 amide bonds. The largest absolute Gasteiger partial charge is 0.347 e. The number of hydrogen-bond acceptors (Lipinski definition) is 2. The molecule has 0 atom stereocenters. The van der Waals surface area contributed by atoms with Crippen molar-refractivity contribution in [1.29, 1.82) is 0 Å². The number of nitrogens with zero attached hydrogens (tertiary/aromatic N) is 1. The third-order valence-electron chi connectivity index (χ3n) is 4.41. The Bertz CT molecular complexity index is 457. The maximum Gasteiger partial charge on any atom is 0.272 e. The van der Waals surface area contributed by atoms with E-state index in [1.807, 2.05) is 6.07 Å². The van der Waals surface area contributed by atoms with Gasteiger partial charge < -0.3 is 5.32 Å². The van der Waals surface area contributed by atoms with E-state index in [1.165, 1.54) is 38.5 Å². The number of amides is 1. The number of H-pyrrole nitrogens is 1. The number of aromatic amines is 1. The Hall–Kier alpha value is -1.32. The van der Waals surface area contributed by atoms with E-state index in [0.29, 0.717) is 17.7 Å². The minimum Gasteiger partial charge on any atom is -0.347 e. The molecule has 1 heterocycles. The van der Waals surface area contributed by atoms with E-state index in [1.54, 1.807) is 0 Å². The number of rotatable bonds is 5. The normalized spacial score (nSPS) is 23.4. The Morgan fingerprint density at radius 2 is 1.89 bits per heavy atom. The third kappa shape index (κ3) is 2.04. The molecule has 1 aromatic rings. The van der Waals surface area contributed by atoms with Crippen molar-refractivity contribution in [3.63, 3.8) is 0 Å². The summed E-state index contributed by atoms with van der Waals surface area (Å²) in [6, 6.07) is 2.35. The molecular weight excluding hydrogens is 226 g/mol. The average Bonchev–Trinajstić information content (AvgIpc) is 3.23. The molecule has 3 fully saturated rings. The lowest BCUT2D eigenvalue weighted by molar-refractivity contribution is 0.0921. The SMILES string of the molecule is O=C(NC(C1CC1)C1CC1)c1cc(C2CC2)[nH]n1. The molecule has 0 bridgehead atoms. The summed E-state index contributed by atoms with van der Waals surface area (Å²) in [7, 11) is 0. The molecular formula is C14H19N3O. The highest BCUT2D eigenvalue weighted by Gasteiger charge is 2.42. The minimum absolute atomic E-state index is 0.0157. The summed E-state index contributed by atoms with van der Waals surface area (Å²) in [5.74, 6) is 2.12. The van der Waals surface area contributed by atoms with E-state index in [9.17, 15) is 4.79 Å². The molecule has 18 heavy (non-hydrogen) atoms. The van der Waals surface area contributed by atoms with Crippen LogP contribution in [0.25, 0.3) is 0 Å². The monoisotopic (exact) mass is 245 g/mol. The first kappa shape index (κ1) is 10.6. The van der Waals surface area contributed by atoms with Gasteiger partial charge in [-0.25, -0.2) is 0 Å². The summed E-state index contributed by atoms with van der Waals surface area (Å²) in [6.45, 7) is 0. The van der Waals surface area contributed by atoms with Crippen LogP contribution in [0.3, 0.4) is 0 Å². The van der Waals surface area contributed by atoms with Crippen molar-refractivity contribution in [2.75, 3.05) is 0 Å². The molecule has 3 aliphatic carbocycles. The fraction of sp³-hybridized carbons (Fsp3) is 0.714. The maximum atomic E-state index is 12.2. The molecule has 4 heteroatoms. The Kier molecular flexibility index (Phi) is 2.26. The molecule has 0 aromatic carbocycles. The van der Waals surface area contributed by atoms with Gasteiger partial charge >= 0.3 is 0 Å². The van der Waals surface area contributed by atoms with E-state index in [0.717, 1.165) is 17.5 Å². The predicted octanol–water partition coefficient (Wildman–Crippen LogP) is 2.21. The van der Waals surface area contributed by atoms with Crippen LogP contribution in [0.1, 0.15) is 60.6 Å². The zero-order valence-corrected chi connectivity index (χ0v) is 10.5. The summed E-state index contributed by atoms with van der Waals surface area (Å²) in [5.41, 5.74) is 1.71. The zero-order valence-electron chi connectivity index (χ0n) is 10.5. The number of nitrogens with one attached hydrogen (secondary N) is 2. The highest BCUT2D eigenvalue weighted by Crippen LogP contribution is 2.44. The smallest absolute Gasteiger partial charge is 0.272 e. The van der Waals surface area contributed by atoms with Gasteiger partial charge in [-0.2, -0.15) is 5.10 Å². The van der Waals surface area contributed by atoms with Gasteiger partial charge in [-0.05, 0) is 56.4 Å². The van der Waals surface area contributed by atoms with E-state index in [4.69, 9.17) is 0 Å². The highest BCUT2D eigenvalue weighted by atomic mass is 16.2. The van der Waals surface area contributed by atoms with Crippen LogP contribution in [0.15, 0.2) is 6.07 Å². The van der Waals surface area contributed by atoms with Gasteiger partial charge in [-0.1, -0.05) is 0 Å². The van der Waals surface area contributed by atoms with Crippen molar-refractivity contribution in [2.24, 2.45) is 11.8 Å². The number of aromatic nitrogens is 2. The molecule has 0 saturated heterocycles. The molecule has 4 nitrogen and oxygen atoms in total. The van der Waals surface area contributed by atoms with Gasteiger partial charge in [0.05, 0.1) is 0 Å². The minimum atomic E-state index is 0.0157. The predicted molar refractivity (Wildman–Crippen MR) is 67.3 cm³/mol.